The molecule has 0 atom stereocenters. The zero-order valence-electron chi connectivity index (χ0n) is 13.4. The molecule has 134 valence electrons. The fraction of sp³-hybridized carbons (Fsp3) is 0.529. The summed E-state index contributed by atoms with van der Waals surface area (Å²) in [6, 6.07) is 3.24. The minimum Gasteiger partial charge on any atom is -0.337 e. The van der Waals surface area contributed by atoms with Crippen LogP contribution in [0.25, 0.3) is 0 Å². The zero-order valence-corrected chi connectivity index (χ0v) is 13.4. The molecular weight excluding hydrogens is 337 g/mol. The lowest BCUT2D eigenvalue weighted by molar-refractivity contribution is -0.141. The summed E-state index contributed by atoms with van der Waals surface area (Å²) in [7, 11) is 0. The number of halogens is 3. The molecule has 25 heavy (non-hydrogen) atoms. The molecule has 1 aromatic rings. The van der Waals surface area contributed by atoms with Gasteiger partial charge in [-0.3, -0.25) is 14.4 Å². The van der Waals surface area contributed by atoms with Crippen molar-refractivity contribution in [1.82, 2.24) is 9.88 Å². The first kappa shape index (κ1) is 17.6. The molecule has 1 amide bonds. The van der Waals surface area contributed by atoms with E-state index in [-0.39, 0.29) is 23.7 Å². The summed E-state index contributed by atoms with van der Waals surface area (Å²) >= 11 is 0. The first-order valence-electron chi connectivity index (χ1n) is 8.06. The minimum atomic E-state index is -4.61. The van der Waals surface area contributed by atoms with Gasteiger partial charge < -0.3 is 4.90 Å². The number of Topliss-reactive ketones (excluding diaryl/α,β-unsaturated/α-hetero) is 2. The lowest BCUT2D eigenvalue weighted by Crippen LogP contribution is -2.46. The van der Waals surface area contributed by atoms with Crippen LogP contribution in [0.4, 0.5) is 13.2 Å². The Morgan fingerprint density at radius 3 is 2.24 bits per heavy atom. The van der Waals surface area contributed by atoms with E-state index in [1.807, 2.05) is 0 Å². The van der Waals surface area contributed by atoms with Gasteiger partial charge in [0.25, 0.3) is 5.91 Å². The maximum atomic E-state index is 12.7. The number of nitrogens with zero attached hydrogens (tertiary/aromatic N) is 2. The van der Waals surface area contributed by atoms with Crippen LogP contribution < -0.4 is 0 Å². The molecule has 2 heterocycles. The maximum Gasteiger partial charge on any atom is 0.433 e. The highest BCUT2D eigenvalue weighted by atomic mass is 19.4. The largest absolute Gasteiger partial charge is 0.433 e. The number of hydrogen-bond donors (Lipinski definition) is 0. The average Bonchev–Trinajstić information content (AvgIpc) is 2.53. The number of alkyl halides is 3. The molecule has 1 aliphatic heterocycles. The Hall–Kier alpha value is -2.25. The molecule has 3 rings (SSSR count). The van der Waals surface area contributed by atoms with Crippen molar-refractivity contribution in [3.63, 3.8) is 0 Å². The third-order valence-corrected chi connectivity index (χ3v) is 4.91. The highest BCUT2D eigenvalue weighted by Crippen LogP contribution is 2.42. The molecule has 1 saturated heterocycles. The van der Waals surface area contributed by atoms with Gasteiger partial charge in [-0.1, -0.05) is 6.07 Å². The second kappa shape index (κ2) is 6.24. The van der Waals surface area contributed by atoms with Crippen LogP contribution >= 0.6 is 0 Å². The second-order valence-corrected chi connectivity index (χ2v) is 6.81. The Bertz CT molecular complexity index is 704. The predicted octanol–water partition coefficient (Wildman–Crippen LogP) is 2.64. The van der Waals surface area contributed by atoms with Crippen LogP contribution in [0.15, 0.2) is 18.2 Å². The lowest BCUT2D eigenvalue weighted by atomic mass is 9.67. The number of likely N-dealkylation sites (tertiary alicyclic amines) is 1. The lowest BCUT2D eigenvalue weighted by Gasteiger charge is -2.43. The summed E-state index contributed by atoms with van der Waals surface area (Å²) in [5.74, 6) is -0.708. The standard InChI is InChI=1S/C17H17F3N2O3/c18-17(19,20)14-3-1-2-13(21-14)15(25)22-6-4-16(5-7-22)9-11(23)8-12(24)10-16/h1-3H,4-10H2. The van der Waals surface area contributed by atoms with Crippen LogP contribution in [0.2, 0.25) is 0 Å². The molecule has 0 radical (unpaired) electrons. The van der Waals surface area contributed by atoms with Crippen LogP contribution in [-0.2, 0) is 15.8 Å². The molecular formula is C17H17F3N2O3. The molecule has 2 aliphatic rings. The second-order valence-electron chi connectivity index (χ2n) is 6.81. The topological polar surface area (TPSA) is 67.3 Å². The summed E-state index contributed by atoms with van der Waals surface area (Å²) in [6.07, 6.45) is -2.96. The Kier molecular flexibility index (Phi) is 4.38. The SMILES string of the molecule is O=C1CC(=O)CC2(CCN(C(=O)c3cccc(C(F)(F)F)n3)CC2)C1. The molecule has 1 spiro atoms. The average molecular weight is 354 g/mol. The van der Waals surface area contributed by atoms with E-state index < -0.39 is 23.2 Å². The summed E-state index contributed by atoms with van der Waals surface area (Å²) < 4.78 is 38.2. The maximum absolute atomic E-state index is 12.7. The van der Waals surface area contributed by atoms with E-state index in [2.05, 4.69) is 4.98 Å². The fourth-order valence-corrected chi connectivity index (χ4v) is 3.66. The zero-order chi connectivity index (χ0) is 18.2. The van der Waals surface area contributed by atoms with E-state index in [1.54, 1.807) is 0 Å². The van der Waals surface area contributed by atoms with Gasteiger partial charge in [0, 0.05) is 25.9 Å². The van der Waals surface area contributed by atoms with Crippen LogP contribution in [0.1, 0.15) is 48.3 Å². The minimum absolute atomic E-state index is 0.0153. The van der Waals surface area contributed by atoms with Crippen molar-refractivity contribution in [2.24, 2.45) is 5.41 Å². The fourth-order valence-electron chi connectivity index (χ4n) is 3.66. The van der Waals surface area contributed by atoms with Gasteiger partial charge in [0.05, 0.1) is 6.42 Å². The number of aromatic nitrogens is 1. The molecule has 5 nitrogen and oxygen atoms in total. The molecule has 0 unspecified atom stereocenters. The number of amides is 1. The van der Waals surface area contributed by atoms with Crippen LogP contribution in [-0.4, -0.2) is 40.4 Å². The number of ketones is 2. The van der Waals surface area contributed by atoms with E-state index >= 15 is 0 Å². The number of carbonyl (C=O) groups is 3. The Morgan fingerprint density at radius 1 is 1.08 bits per heavy atom. The van der Waals surface area contributed by atoms with Gasteiger partial charge in [-0.05, 0) is 30.4 Å². The van der Waals surface area contributed by atoms with Gasteiger partial charge in [0.2, 0.25) is 0 Å². The van der Waals surface area contributed by atoms with Crippen LogP contribution in [0.5, 0.6) is 0 Å². The van der Waals surface area contributed by atoms with Crippen molar-refractivity contribution in [3.05, 3.63) is 29.6 Å². The molecule has 2 fully saturated rings. The number of rotatable bonds is 1. The van der Waals surface area contributed by atoms with E-state index in [0.717, 1.165) is 12.1 Å². The first-order valence-corrected chi connectivity index (χ1v) is 8.06. The van der Waals surface area contributed by atoms with Crippen molar-refractivity contribution in [2.45, 2.75) is 38.3 Å². The smallest absolute Gasteiger partial charge is 0.337 e. The first-order chi connectivity index (χ1) is 11.7. The Labute approximate surface area is 142 Å². The van der Waals surface area contributed by atoms with Gasteiger partial charge in [-0.2, -0.15) is 13.2 Å². The number of piperidine rings is 1. The highest BCUT2D eigenvalue weighted by Gasteiger charge is 2.42. The van der Waals surface area contributed by atoms with Crippen LogP contribution in [0, 0.1) is 5.41 Å². The molecule has 0 N–H and O–H groups in total. The molecule has 1 aromatic heterocycles. The molecule has 8 heteroatoms. The summed E-state index contributed by atoms with van der Waals surface area (Å²) in [6.45, 7) is 0.606. The van der Waals surface area contributed by atoms with E-state index in [4.69, 9.17) is 0 Å². The summed E-state index contributed by atoms with van der Waals surface area (Å²) in [5, 5.41) is 0. The molecule has 0 bridgehead atoms. The highest BCUT2D eigenvalue weighted by molar-refractivity contribution is 6.02. The number of carbonyl (C=O) groups excluding carboxylic acids is 3. The summed E-state index contributed by atoms with van der Waals surface area (Å²) in [5.41, 5.74) is -1.75. The van der Waals surface area contributed by atoms with Crippen molar-refractivity contribution in [2.75, 3.05) is 13.1 Å². The van der Waals surface area contributed by atoms with Crippen molar-refractivity contribution < 1.29 is 27.6 Å². The molecule has 1 saturated carbocycles. The third kappa shape index (κ3) is 3.72. The number of pyridine rings is 1. The van der Waals surface area contributed by atoms with Gasteiger partial charge in [-0.25, -0.2) is 4.98 Å². The Morgan fingerprint density at radius 2 is 1.68 bits per heavy atom. The van der Waals surface area contributed by atoms with Crippen LogP contribution in [0.3, 0.4) is 0 Å². The van der Waals surface area contributed by atoms with Gasteiger partial charge in [-0.15, -0.1) is 0 Å². The molecule has 0 aromatic carbocycles. The van der Waals surface area contributed by atoms with Gasteiger partial charge >= 0.3 is 6.18 Å². The van der Waals surface area contributed by atoms with Gasteiger partial charge in [0.15, 0.2) is 0 Å². The normalized spacial score (nSPS) is 20.8. The van der Waals surface area contributed by atoms with E-state index in [0.29, 0.717) is 38.8 Å². The molecule has 1 aliphatic carbocycles. The van der Waals surface area contributed by atoms with E-state index in [1.165, 1.54) is 11.0 Å². The van der Waals surface area contributed by atoms with Crippen molar-refractivity contribution in [1.29, 1.82) is 0 Å². The Balaban J connectivity index is 1.70. The quantitative estimate of drug-likeness (QED) is 0.727. The van der Waals surface area contributed by atoms with Crippen molar-refractivity contribution >= 4 is 17.5 Å². The van der Waals surface area contributed by atoms with Gasteiger partial charge in [0.1, 0.15) is 23.0 Å². The van der Waals surface area contributed by atoms with E-state index in [9.17, 15) is 27.6 Å². The third-order valence-electron chi connectivity index (χ3n) is 4.91. The number of hydrogen-bond acceptors (Lipinski definition) is 4. The monoisotopic (exact) mass is 354 g/mol. The predicted molar refractivity (Wildman–Crippen MR) is 80.7 cm³/mol. The summed E-state index contributed by atoms with van der Waals surface area (Å²) in [4.78, 5) is 40.7. The van der Waals surface area contributed by atoms with Crippen molar-refractivity contribution in [3.8, 4) is 0 Å².